The van der Waals surface area contributed by atoms with Crippen molar-refractivity contribution >= 4 is 34.3 Å². The number of fused-ring (bicyclic) bond motifs is 1. The van der Waals surface area contributed by atoms with Crippen LogP contribution >= 0.6 is 11.8 Å². The summed E-state index contributed by atoms with van der Waals surface area (Å²) in [5, 5.41) is 4.05. The molecule has 5 aromatic rings. The average molecular weight is 495 g/mol. The lowest BCUT2D eigenvalue weighted by Gasteiger charge is -2.18. The molecule has 0 radical (unpaired) electrons. The lowest BCUT2D eigenvalue weighted by atomic mass is 10.0. The molecule has 1 amide bonds. The molecule has 1 heterocycles. The van der Waals surface area contributed by atoms with E-state index in [4.69, 9.17) is 9.72 Å². The molecule has 5 rings (SSSR count). The van der Waals surface area contributed by atoms with Crippen LogP contribution in [0.2, 0.25) is 0 Å². The normalized spacial score (nSPS) is 11.7. The molecule has 0 spiro atoms. The lowest BCUT2D eigenvalue weighted by molar-refractivity contribution is -0.115. The fourth-order valence-electron chi connectivity index (χ4n) is 3.99. The van der Waals surface area contributed by atoms with E-state index in [9.17, 15) is 9.18 Å². The van der Waals surface area contributed by atoms with Crippen LogP contribution in [-0.4, -0.2) is 18.0 Å². The molecule has 1 atom stereocenters. The first kappa shape index (κ1) is 23.6. The van der Waals surface area contributed by atoms with Crippen molar-refractivity contribution in [2.75, 3.05) is 12.4 Å². The van der Waals surface area contributed by atoms with E-state index in [1.165, 1.54) is 23.9 Å². The van der Waals surface area contributed by atoms with Gasteiger partial charge in [-0.25, -0.2) is 9.37 Å². The predicted molar refractivity (Wildman–Crippen MR) is 144 cm³/mol. The number of benzene rings is 4. The topological polar surface area (TPSA) is 51.2 Å². The largest absolute Gasteiger partial charge is 0.497 e. The highest BCUT2D eigenvalue weighted by Gasteiger charge is 2.24. The van der Waals surface area contributed by atoms with Crippen molar-refractivity contribution in [2.24, 2.45) is 0 Å². The minimum Gasteiger partial charge on any atom is -0.497 e. The summed E-state index contributed by atoms with van der Waals surface area (Å²) in [6.07, 6.45) is 0. The number of thioether (sulfide) groups is 1. The third kappa shape index (κ3) is 5.24. The summed E-state index contributed by atoms with van der Waals surface area (Å²) in [5.41, 5.74) is 4.24. The number of aromatic nitrogens is 1. The molecule has 0 fully saturated rings. The highest BCUT2D eigenvalue weighted by Crippen LogP contribution is 2.39. The summed E-state index contributed by atoms with van der Waals surface area (Å²) in [7, 11) is 1.63. The number of halogens is 1. The summed E-state index contributed by atoms with van der Waals surface area (Å²) >= 11 is 1.37. The summed E-state index contributed by atoms with van der Waals surface area (Å²) in [6, 6.07) is 33.3. The van der Waals surface area contributed by atoms with E-state index in [-0.39, 0.29) is 11.7 Å². The maximum absolute atomic E-state index is 13.4. The first-order chi connectivity index (χ1) is 17.6. The zero-order valence-corrected chi connectivity index (χ0v) is 20.3. The van der Waals surface area contributed by atoms with Gasteiger partial charge in [-0.3, -0.25) is 4.79 Å². The number of nitrogens with zero attached hydrogens (tertiary/aromatic N) is 1. The smallest absolute Gasteiger partial charge is 0.242 e. The van der Waals surface area contributed by atoms with Gasteiger partial charge in [0.25, 0.3) is 0 Å². The van der Waals surface area contributed by atoms with E-state index in [0.717, 1.165) is 27.6 Å². The van der Waals surface area contributed by atoms with E-state index in [1.54, 1.807) is 19.2 Å². The van der Waals surface area contributed by atoms with Gasteiger partial charge in [-0.1, -0.05) is 72.4 Å². The van der Waals surface area contributed by atoms with E-state index >= 15 is 0 Å². The van der Waals surface area contributed by atoms with Gasteiger partial charge >= 0.3 is 0 Å². The van der Waals surface area contributed by atoms with Gasteiger partial charge in [-0.05, 0) is 59.2 Å². The van der Waals surface area contributed by atoms with Crippen molar-refractivity contribution in [1.82, 2.24) is 4.98 Å². The van der Waals surface area contributed by atoms with Crippen LogP contribution in [0.4, 0.5) is 10.1 Å². The number of anilines is 1. The van der Waals surface area contributed by atoms with Gasteiger partial charge in [0.05, 0.1) is 17.7 Å². The van der Waals surface area contributed by atoms with E-state index in [2.05, 4.69) is 17.4 Å². The van der Waals surface area contributed by atoms with Gasteiger partial charge in [0.15, 0.2) is 0 Å². The first-order valence-corrected chi connectivity index (χ1v) is 12.3. The molecule has 0 aliphatic heterocycles. The number of hydrogen-bond donors (Lipinski definition) is 1. The standard InChI is InChI=1S/C30H23FN2O2S/c1-35-24-16-17-25-26(20-8-4-2-5-9-20)19-28(33-27(25)18-24)36-29(21-10-6-3-7-11-21)30(34)32-23-14-12-22(31)13-15-23/h2-19,29H,1H3,(H,32,34)/t29-/m0/s1. The minimum absolute atomic E-state index is 0.216. The monoisotopic (exact) mass is 494 g/mol. The highest BCUT2D eigenvalue weighted by atomic mass is 32.2. The van der Waals surface area contributed by atoms with Crippen LogP contribution in [0.5, 0.6) is 5.75 Å². The highest BCUT2D eigenvalue weighted by molar-refractivity contribution is 8.00. The fraction of sp³-hybridized carbons (Fsp3) is 0.0667. The van der Waals surface area contributed by atoms with Crippen LogP contribution in [0, 0.1) is 5.82 Å². The summed E-state index contributed by atoms with van der Waals surface area (Å²) in [6.45, 7) is 0. The molecular formula is C30H23FN2O2S. The molecule has 4 nitrogen and oxygen atoms in total. The summed E-state index contributed by atoms with van der Waals surface area (Å²) in [5.74, 6) is 0.141. The van der Waals surface area contributed by atoms with Crippen LogP contribution in [0.25, 0.3) is 22.0 Å². The van der Waals surface area contributed by atoms with Crippen molar-refractivity contribution in [2.45, 2.75) is 10.3 Å². The van der Waals surface area contributed by atoms with E-state index in [0.29, 0.717) is 16.5 Å². The lowest BCUT2D eigenvalue weighted by Crippen LogP contribution is -2.19. The maximum atomic E-state index is 13.4. The van der Waals surface area contributed by atoms with Crippen molar-refractivity contribution in [3.63, 3.8) is 0 Å². The van der Waals surface area contributed by atoms with Crippen LogP contribution in [0.3, 0.4) is 0 Å². The van der Waals surface area contributed by atoms with Crippen LogP contribution < -0.4 is 10.1 Å². The number of nitrogens with one attached hydrogen (secondary N) is 1. The molecule has 0 aliphatic carbocycles. The number of hydrogen-bond acceptors (Lipinski definition) is 4. The molecule has 178 valence electrons. The number of rotatable bonds is 7. The second-order valence-corrected chi connectivity index (χ2v) is 9.29. The molecule has 0 saturated heterocycles. The third-order valence-corrected chi connectivity index (χ3v) is 6.94. The number of pyridine rings is 1. The van der Waals surface area contributed by atoms with E-state index in [1.807, 2.05) is 72.8 Å². The SMILES string of the molecule is COc1ccc2c(-c3ccccc3)cc(S[C@H](C(=O)Nc3ccc(F)cc3)c3ccccc3)nc2c1. The van der Waals surface area contributed by atoms with Crippen molar-refractivity contribution in [3.05, 3.63) is 121 Å². The zero-order chi connectivity index (χ0) is 24.9. The molecule has 1 N–H and O–H groups in total. The second-order valence-electron chi connectivity index (χ2n) is 8.16. The predicted octanol–water partition coefficient (Wildman–Crippen LogP) is 7.52. The Balaban J connectivity index is 1.57. The maximum Gasteiger partial charge on any atom is 0.242 e. The first-order valence-electron chi connectivity index (χ1n) is 11.4. The van der Waals surface area contributed by atoms with Gasteiger partial charge in [0.2, 0.25) is 5.91 Å². The van der Waals surface area contributed by atoms with Crippen LogP contribution in [-0.2, 0) is 4.79 Å². The molecule has 6 heteroatoms. The Labute approximate surface area is 213 Å². The van der Waals surface area contributed by atoms with Crippen molar-refractivity contribution in [3.8, 4) is 16.9 Å². The molecule has 36 heavy (non-hydrogen) atoms. The molecule has 4 aromatic carbocycles. The fourth-order valence-corrected chi connectivity index (χ4v) is 5.03. The van der Waals surface area contributed by atoms with Crippen molar-refractivity contribution < 1.29 is 13.9 Å². The van der Waals surface area contributed by atoms with Crippen molar-refractivity contribution in [1.29, 1.82) is 0 Å². The minimum atomic E-state index is -0.574. The molecular weight excluding hydrogens is 471 g/mol. The van der Waals surface area contributed by atoms with Gasteiger partial charge in [0.1, 0.15) is 16.8 Å². The Kier molecular flexibility index (Phi) is 6.96. The Morgan fingerprint density at radius 3 is 2.28 bits per heavy atom. The van der Waals surface area contributed by atoms with Gasteiger partial charge in [-0.2, -0.15) is 0 Å². The Morgan fingerprint density at radius 2 is 1.58 bits per heavy atom. The number of carbonyl (C=O) groups excluding carboxylic acids is 1. The molecule has 0 aliphatic rings. The number of carbonyl (C=O) groups is 1. The van der Waals surface area contributed by atoms with E-state index < -0.39 is 5.25 Å². The van der Waals surface area contributed by atoms with Gasteiger partial charge < -0.3 is 10.1 Å². The van der Waals surface area contributed by atoms with Gasteiger partial charge in [0, 0.05) is 17.1 Å². The molecule has 0 unspecified atom stereocenters. The number of ether oxygens (including phenoxy) is 1. The Morgan fingerprint density at radius 1 is 0.889 bits per heavy atom. The summed E-state index contributed by atoms with van der Waals surface area (Å²) < 4.78 is 18.8. The number of amides is 1. The van der Waals surface area contributed by atoms with Crippen LogP contribution in [0.1, 0.15) is 10.8 Å². The molecule has 1 aromatic heterocycles. The second kappa shape index (κ2) is 10.6. The van der Waals surface area contributed by atoms with Gasteiger partial charge in [-0.15, -0.1) is 0 Å². The molecule has 0 saturated carbocycles. The Hall–Kier alpha value is -4.16. The molecule has 0 bridgehead atoms. The zero-order valence-electron chi connectivity index (χ0n) is 19.5. The number of methoxy groups -OCH3 is 1. The average Bonchev–Trinajstić information content (AvgIpc) is 2.93. The summed E-state index contributed by atoms with van der Waals surface area (Å²) in [4.78, 5) is 18.3. The Bertz CT molecular complexity index is 1490. The quantitative estimate of drug-likeness (QED) is 0.238. The van der Waals surface area contributed by atoms with Crippen LogP contribution in [0.15, 0.2) is 114 Å². The third-order valence-electron chi connectivity index (χ3n) is 5.77.